The quantitative estimate of drug-likeness (QED) is 0.351. The zero-order valence-electron chi connectivity index (χ0n) is 18.2. The molecular formula is C24H30ClNO5. The maximum atomic E-state index is 12.9. The van der Waals surface area contributed by atoms with E-state index in [0.29, 0.717) is 24.0 Å². The minimum absolute atomic E-state index is 0.0861. The van der Waals surface area contributed by atoms with E-state index in [0.717, 1.165) is 44.1 Å². The molecule has 1 aromatic carbocycles. The van der Waals surface area contributed by atoms with Gasteiger partial charge in [0.05, 0.1) is 24.3 Å². The smallest absolute Gasteiger partial charge is 0.343 e. The number of fused-ring (bicyclic) bond motifs is 4. The summed E-state index contributed by atoms with van der Waals surface area (Å²) in [6, 6.07) is 3.88. The van der Waals surface area contributed by atoms with Gasteiger partial charge in [-0.25, -0.2) is 4.79 Å². The lowest BCUT2D eigenvalue weighted by molar-refractivity contribution is -0.141. The number of hydrogen-bond donors (Lipinski definition) is 0. The fraction of sp³-hybridized carbons (Fsp3) is 0.583. The maximum Gasteiger partial charge on any atom is 0.343 e. The summed E-state index contributed by atoms with van der Waals surface area (Å²) in [4.78, 5) is 27.5. The molecule has 1 unspecified atom stereocenters. The molecule has 4 rings (SSSR count). The zero-order chi connectivity index (χ0) is 22.0. The van der Waals surface area contributed by atoms with Gasteiger partial charge in [0.15, 0.2) is 5.78 Å². The lowest BCUT2D eigenvalue weighted by Crippen LogP contribution is -2.53. The van der Waals surface area contributed by atoms with Gasteiger partial charge in [0, 0.05) is 38.3 Å². The predicted octanol–water partition coefficient (Wildman–Crippen LogP) is 4.39. The van der Waals surface area contributed by atoms with Crippen LogP contribution in [0.25, 0.3) is 0 Å². The predicted molar refractivity (Wildman–Crippen MR) is 117 cm³/mol. The summed E-state index contributed by atoms with van der Waals surface area (Å²) in [6.07, 6.45) is 8.03. The number of rotatable bonds is 7. The Morgan fingerprint density at radius 2 is 2.03 bits per heavy atom. The third-order valence-electron chi connectivity index (χ3n) is 6.68. The van der Waals surface area contributed by atoms with Crippen molar-refractivity contribution in [3.63, 3.8) is 0 Å². The molecule has 0 saturated heterocycles. The van der Waals surface area contributed by atoms with E-state index in [2.05, 4.69) is 11.0 Å². The van der Waals surface area contributed by atoms with E-state index in [1.54, 1.807) is 20.2 Å². The largest absolute Gasteiger partial charge is 0.492 e. The van der Waals surface area contributed by atoms with Crippen molar-refractivity contribution in [3.8, 4) is 5.75 Å². The number of nitrogens with zero attached hydrogens (tertiary/aromatic N) is 1. The first-order valence-corrected chi connectivity index (χ1v) is 11.5. The highest BCUT2D eigenvalue weighted by Gasteiger charge is 2.49. The molecule has 1 spiro atoms. The van der Waals surface area contributed by atoms with Crippen molar-refractivity contribution < 1.29 is 23.8 Å². The van der Waals surface area contributed by atoms with Crippen LogP contribution in [0.4, 0.5) is 0 Å². The first kappa shape index (κ1) is 22.2. The Morgan fingerprint density at radius 1 is 1.26 bits per heavy atom. The zero-order valence-corrected chi connectivity index (χ0v) is 19.0. The maximum absolute atomic E-state index is 12.9. The summed E-state index contributed by atoms with van der Waals surface area (Å²) in [5.41, 5.74) is 2.32. The van der Waals surface area contributed by atoms with E-state index >= 15 is 0 Å². The van der Waals surface area contributed by atoms with Gasteiger partial charge in [-0.15, -0.1) is 0 Å². The van der Waals surface area contributed by atoms with Crippen LogP contribution in [0.5, 0.6) is 5.75 Å². The second kappa shape index (κ2) is 9.21. The molecule has 0 bridgehead atoms. The van der Waals surface area contributed by atoms with Gasteiger partial charge in [-0.1, -0.05) is 24.4 Å². The van der Waals surface area contributed by atoms with Gasteiger partial charge < -0.3 is 19.1 Å². The minimum Gasteiger partial charge on any atom is -0.492 e. The molecule has 1 aliphatic carbocycles. The molecule has 7 heteroatoms. The number of benzene rings is 1. The van der Waals surface area contributed by atoms with E-state index in [4.69, 9.17) is 25.8 Å². The van der Waals surface area contributed by atoms with Crippen LogP contribution in [0.2, 0.25) is 5.02 Å². The molecule has 1 saturated carbocycles. The summed E-state index contributed by atoms with van der Waals surface area (Å²) in [5, 5.41) is 0.547. The Bertz CT molecular complexity index is 890. The average molecular weight is 448 g/mol. The van der Waals surface area contributed by atoms with Gasteiger partial charge >= 0.3 is 5.97 Å². The normalized spacial score (nSPS) is 21.5. The molecule has 1 aromatic rings. The highest BCUT2D eigenvalue weighted by Crippen LogP contribution is 2.51. The number of carbonyl (C=O) groups is 2. The molecule has 0 radical (unpaired) electrons. The summed E-state index contributed by atoms with van der Waals surface area (Å²) in [7, 11) is 1.67. The molecule has 2 heterocycles. The van der Waals surface area contributed by atoms with Crippen LogP contribution in [-0.2, 0) is 25.5 Å². The van der Waals surface area contributed by atoms with Crippen molar-refractivity contribution in [1.29, 1.82) is 0 Å². The van der Waals surface area contributed by atoms with Gasteiger partial charge in [-0.2, -0.15) is 0 Å². The van der Waals surface area contributed by atoms with Gasteiger partial charge in [0.2, 0.25) is 0 Å². The summed E-state index contributed by atoms with van der Waals surface area (Å²) in [5.74, 6) is -0.0116. The lowest BCUT2D eigenvalue weighted by Gasteiger charge is -2.52. The molecular weight excluding hydrogens is 418 g/mol. The van der Waals surface area contributed by atoms with Gasteiger partial charge in [-0.3, -0.25) is 4.79 Å². The highest BCUT2D eigenvalue weighted by atomic mass is 35.5. The molecule has 0 aromatic heterocycles. The second-order valence-corrected chi connectivity index (χ2v) is 9.01. The van der Waals surface area contributed by atoms with E-state index in [1.807, 2.05) is 6.07 Å². The fourth-order valence-corrected chi connectivity index (χ4v) is 5.50. The average Bonchev–Trinajstić information content (AvgIpc) is 3.21. The van der Waals surface area contributed by atoms with Crippen molar-refractivity contribution in [3.05, 3.63) is 40.1 Å². The third kappa shape index (κ3) is 4.20. The highest BCUT2D eigenvalue weighted by molar-refractivity contribution is 6.32. The molecule has 2 aliphatic heterocycles. The Morgan fingerprint density at radius 3 is 2.74 bits per heavy atom. The van der Waals surface area contributed by atoms with Crippen LogP contribution in [0.3, 0.4) is 0 Å². The Kier molecular flexibility index (Phi) is 6.58. The molecule has 168 valence electrons. The van der Waals surface area contributed by atoms with Crippen molar-refractivity contribution in [2.45, 2.75) is 63.5 Å². The second-order valence-electron chi connectivity index (χ2n) is 8.60. The molecule has 0 amide bonds. The summed E-state index contributed by atoms with van der Waals surface area (Å²) >= 11 is 6.56. The Labute approximate surface area is 188 Å². The number of esters is 1. The van der Waals surface area contributed by atoms with E-state index < -0.39 is 5.97 Å². The first-order valence-electron chi connectivity index (χ1n) is 11.1. The monoisotopic (exact) mass is 447 g/mol. The summed E-state index contributed by atoms with van der Waals surface area (Å²) in [6.45, 7) is 3.18. The Hall–Kier alpha value is -2.05. The Balaban J connectivity index is 1.69. The number of Topliss-reactive ketones (excluding diaryl/α,β-unsaturated/α-hetero) is 1. The molecule has 0 N–H and O–H groups in total. The minimum atomic E-state index is -0.525. The number of carbonyl (C=O) groups excluding carboxylic acids is 2. The standard InChI is InChI=1S/C24H30ClNO5/c1-3-30-23(28)18-15-26-20(13-21(18)27)17-12-19(25)22(31-10-6-9-29-2)11-16(17)14-24(26)7-4-5-8-24/h11-12,15,20H,3-10,13-14H2,1-2H3. The van der Waals surface area contributed by atoms with Crippen LogP contribution in [-0.4, -0.2) is 49.1 Å². The molecule has 3 aliphatic rings. The van der Waals surface area contributed by atoms with Gasteiger partial charge in [0.1, 0.15) is 11.3 Å². The van der Waals surface area contributed by atoms with Crippen LogP contribution < -0.4 is 4.74 Å². The van der Waals surface area contributed by atoms with Crippen molar-refractivity contribution in [1.82, 2.24) is 4.90 Å². The number of ketones is 1. The first-order chi connectivity index (χ1) is 15.0. The summed E-state index contributed by atoms with van der Waals surface area (Å²) < 4.78 is 16.1. The van der Waals surface area contributed by atoms with Crippen LogP contribution in [0, 0.1) is 0 Å². The van der Waals surface area contributed by atoms with Crippen LogP contribution in [0.1, 0.15) is 62.6 Å². The molecule has 1 atom stereocenters. The van der Waals surface area contributed by atoms with Crippen LogP contribution in [0.15, 0.2) is 23.9 Å². The van der Waals surface area contributed by atoms with Gasteiger partial charge in [-0.05, 0) is 49.4 Å². The number of methoxy groups -OCH3 is 1. The van der Waals surface area contributed by atoms with Gasteiger partial charge in [0.25, 0.3) is 0 Å². The number of ether oxygens (including phenoxy) is 3. The molecule has 31 heavy (non-hydrogen) atoms. The topological polar surface area (TPSA) is 65.1 Å². The fourth-order valence-electron chi connectivity index (χ4n) is 5.27. The molecule has 1 fully saturated rings. The van der Waals surface area contributed by atoms with Crippen LogP contribution >= 0.6 is 11.6 Å². The van der Waals surface area contributed by atoms with Crippen molar-refractivity contribution >= 4 is 23.4 Å². The number of hydrogen-bond acceptors (Lipinski definition) is 6. The van der Waals surface area contributed by atoms with E-state index in [-0.39, 0.29) is 36.0 Å². The SMILES string of the molecule is CCOC(=O)C1=CN2C(CC1=O)c1cc(Cl)c(OCCCOC)cc1CC21CCCC1. The van der Waals surface area contributed by atoms with Crippen molar-refractivity contribution in [2.75, 3.05) is 26.9 Å². The lowest BCUT2D eigenvalue weighted by atomic mass is 9.75. The molecule has 6 nitrogen and oxygen atoms in total. The third-order valence-corrected chi connectivity index (χ3v) is 6.98. The van der Waals surface area contributed by atoms with E-state index in [1.165, 1.54) is 5.56 Å². The number of halogens is 1. The van der Waals surface area contributed by atoms with Crippen molar-refractivity contribution in [2.24, 2.45) is 0 Å². The van der Waals surface area contributed by atoms with E-state index in [9.17, 15) is 9.59 Å².